The normalized spacial score (nSPS) is 24.2. The van der Waals surface area contributed by atoms with Crippen molar-refractivity contribution >= 4 is 0 Å². The molecule has 2 saturated heterocycles. The van der Waals surface area contributed by atoms with E-state index in [-0.39, 0.29) is 0 Å². The molecular formula is C15H22N2. The molecule has 92 valence electrons. The quantitative estimate of drug-likeness (QED) is 0.839. The summed E-state index contributed by atoms with van der Waals surface area (Å²) in [6, 6.07) is 10.9. The minimum absolute atomic E-state index is 0.515. The first-order valence-corrected chi connectivity index (χ1v) is 6.89. The summed E-state index contributed by atoms with van der Waals surface area (Å²) in [6.45, 7) is 4.83. The van der Waals surface area contributed by atoms with Crippen molar-refractivity contribution in [2.75, 3.05) is 19.6 Å². The van der Waals surface area contributed by atoms with E-state index in [1.54, 1.807) is 0 Å². The van der Waals surface area contributed by atoms with Gasteiger partial charge in [-0.2, -0.15) is 0 Å². The molecule has 0 atom stereocenters. The number of nitrogens with zero attached hydrogens (tertiary/aromatic N) is 1. The molecule has 3 rings (SSSR count). The predicted molar refractivity (Wildman–Crippen MR) is 70.9 cm³/mol. The topological polar surface area (TPSA) is 15.3 Å². The molecule has 2 fully saturated rings. The zero-order valence-corrected chi connectivity index (χ0v) is 10.5. The lowest BCUT2D eigenvalue weighted by molar-refractivity contribution is 0.0928. The lowest BCUT2D eigenvalue weighted by Gasteiger charge is -2.42. The van der Waals surface area contributed by atoms with Gasteiger partial charge in [0.1, 0.15) is 0 Å². The van der Waals surface area contributed by atoms with Crippen LogP contribution in [0.3, 0.4) is 0 Å². The summed E-state index contributed by atoms with van der Waals surface area (Å²) in [5.41, 5.74) is 1.98. The molecule has 17 heavy (non-hydrogen) atoms. The second-order valence-corrected chi connectivity index (χ2v) is 5.49. The Morgan fingerprint density at radius 3 is 2.59 bits per heavy atom. The Balaban J connectivity index is 1.73. The second kappa shape index (κ2) is 4.79. The molecule has 1 N–H and O–H groups in total. The van der Waals surface area contributed by atoms with Crippen LogP contribution in [0.1, 0.15) is 31.2 Å². The average molecular weight is 230 g/mol. The van der Waals surface area contributed by atoms with Gasteiger partial charge in [-0.1, -0.05) is 30.3 Å². The number of hydrogen-bond donors (Lipinski definition) is 1. The number of benzene rings is 1. The fourth-order valence-corrected chi connectivity index (χ4v) is 3.50. The van der Waals surface area contributed by atoms with E-state index >= 15 is 0 Å². The Morgan fingerprint density at radius 2 is 1.82 bits per heavy atom. The maximum atomic E-state index is 3.49. The molecule has 2 nitrogen and oxygen atoms in total. The van der Waals surface area contributed by atoms with Gasteiger partial charge in [0.15, 0.2) is 0 Å². The lowest BCUT2D eigenvalue weighted by atomic mass is 9.85. The predicted octanol–water partition coefficient (Wildman–Crippen LogP) is 2.40. The van der Waals surface area contributed by atoms with Crippen LogP contribution < -0.4 is 5.32 Å². The van der Waals surface area contributed by atoms with Crippen molar-refractivity contribution in [1.82, 2.24) is 10.2 Å². The van der Waals surface area contributed by atoms with Gasteiger partial charge in [0.05, 0.1) is 0 Å². The van der Waals surface area contributed by atoms with Gasteiger partial charge in [-0.25, -0.2) is 0 Å². The summed E-state index contributed by atoms with van der Waals surface area (Å²) in [4.78, 5) is 2.74. The Morgan fingerprint density at radius 1 is 1.06 bits per heavy atom. The van der Waals surface area contributed by atoms with Gasteiger partial charge in [-0.3, -0.25) is 4.90 Å². The van der Waals surface area contributed by atoms with Crippen LogP contribution in [0.5, 0.6) is 0 Å². The van der Waals surface area contributed by atoms with Crippen molar-refractivity contribution in [2.45, 2.75) is 37.8 Å². The standard InChI is InChI=1S/C15H22N2/c1-2-5-14(6-3-1)13-17-12-4-7-15(17)8-10-16-11-9-15/h1-3,5-6,16H,4,7-13H2. The minimum Gasteiger partial charge on any atom is -0.317 e. The molecule has 1 aromatic rings. The Kier molecular flexibility index (Phi) is 3.17. The van der Waals surface area contributed by atoms with Crippen molar-refractivity contribution in [3.8, 4) is 0 Å². The van der Waals surface area contributed by atoms with E-state index in [4.69, 9.17) is 0 Å². The van der Waals surface area contributed by atoms with Gasteiger partial charge in [0, 0.05) is 12.1 Å². The zero-order valence-electron chi connectivity index (χ0n) is 10.5. The molecule has 2 aliphatic heterocycles. The molecule has 2 heterocycles. The summed E-state index contributed by atoms with van der Waals surface area (Å²) in [5, 5.41) is 3.49. The summed E-state index contributed by atoms with van der Waals surface area (Å²) < 4.78 is 0. The highest BCUT2D eigenvalue weighted by Gasteiger charge is 2.41. The van der Waals surface area contributed by atoms with Crippen LogP contribution in [-0.4, -0.2) is 30.1 Å². The highest BCUT2D eigenvalue weighted by atomic mass is 15.2. The summed E-state index contributed by atoms with van der Waals surface area (Å²) >= 11 is 0. The zero-order chi connectivity index (χ0) is 11.6. The molecule has 0 amide bonds. The number of hydrogen-bond acceptors (Lipinski definition) is 2. The molecule has 2 aliphatic rings. The van der Waals surface area contributed by atoms with Crippen molar-refractivity contribution in [3.63, 3.8) is 0 Å². The molecular weight excluding hydrogens is 208 g/mol. The largest absolute Gasteiger partial charge is 0.317 e. The van der Waals surface area contributed by atoms with Gasteiger partial charge in [-0.05, 0) is 50.9 Å². The smallest absolute Gasteiger partial charge is 0.0239 e. The van der Waals surface area contributed by atoms with Crippen LogP contribution >= 0.6 is 0 Å². The molecule has 0 aromatic heterocycles. The van der Waals surface area contributed by atoms with Crippen LogP contribution in [-0.2, 0) is 6.54 Å². The molecule has 0 radical (unpaired) electrons. The van der Waals surface area contributed by atoms with Gasteiger partial charge >= 0.3 is 0 Å². The molecule has 0 aliphatic carbocycles. The second-order valence-electron chi connectivity index (χ2n) is 5.49. The van der Waals surface area contributed by atoms with Gasteiger partial charge < -0.3 is 5.32 Å². The van der Waals surface area contributed by atoms with Crippen LogP contribution in [0.15, 0.2) is 30.3 Å². The van der Waals surface area contributed by atoms with Crippen molar-refractivity contribution in [1.29, 1.82) is 0 Å². The highest BCUT2D eigenvalue weighted by Crippen LogP contribution is 2.37. The molecule has 0 saturated carbocycles. The van der Waals surface area contributed by atoms with Crippen molar-refractivity contribution < 1.29 is 0 Å². The third kappa shape index (κ3) is 2.24. The SMILES string of the molecule is c1ccc(CN2CCCC23CCNCC3)cc1. The first-order chi connectivity index (χ1) is 8.39. The first kappa shape index (κ1) is 11.2. The first-order valence-electron chi connectivity index (χ1n) is 6.89. The third-order valence-electron chi connectivity index (χ3n) is 4.49. The van der Waals surface area contributed by atoms with Crippen molar-refractivity contribution in [2.24, 2.45) is 0 Å². The van der Waals surface area contributed by atoms with E-state index in [1.165, 1.54) is 50.9 Å². The average Bonchev–Trinajstić information content (AvgIpc) is 2.74. The highest BCUT2D eigenvalue weighted by molar-refractivity contribution is 5.15. The van der Waals surface area contributed by atoms with Gasteiger partial charge in [0.2, 0.25) is 0 Å². The third-order valence-corrected chi connectivity index (χ3v) is 4.49. The van der Waals surface area contributed by atoms with E-state index in [0.717, 1.165) is 6.54 Å². The van der Waals surface area contributed by atoms with E-state index < -0.39 is 0 Å². The summed E-state index contributed by atoms with van der Waals surface area (Å²) in [5.74, 6) is 0. The van der Waals surface area contributed by atoms with Crippen LogP contribution in [0, 0.1) is 0 Å². The number of rotatable bonds is 2. The van der Waals surface area contributed by atoms with E-state index in [2.05, 4.69) is 40.5 Å². The molecule has 0 bridgehead atoms. The lowest BCUT2D eigenvalue weighted by Crippen LogP contribution is -2.50. The Bertz CT molecular complexity index is 354. The van der Waals surface area contributed by atoms with Crippen molar-refractivity contribution in [3.05, 3.63) is 35.9 Å². The minimum atomic E-state index is 0.515. The maximum absolute atomic E-state index is 3.49. The summed E-state index contributed by atoms with van der Waals surface area (Å²) in [6.07, 6.45) is 5.45. The van der Waals surface area contributed by atoms with E-state index in [1.807, 2.05) is 0 Å². The Labute approximate surface area is 104 Å². The van der Waals surface area contributed by atoms with Gasteiger partial charge in [-0.15, -0.1) is 0 Å². The fraction of sp³-hybridized carbons (Fsp3) is 0.600. The molecule has 0 unspecified atom stereocenters. The van der Waals surface area contributed by atoms with E-state index in [0.29, 0.717) is 5.54 Å². The molecule has 1 spiro atoms. The van der Waals surface area contributed by atoms with Crippen LogP contribution in [0.4, 0.5) is 0 Å². The maximum Gasteiger partial charge on any atom is 0.0239 e. The molecule has 1 aromatic carbocycles. The Hall–Kier alpha value is -0.860. The molecule has 2 heteroatoms. The van der Waals surface area contributed by atoms with Crippen LogP contribution in [0.2, 0.25) is 0 Å². The monoisotopic (exact) mass is 230 g/mol. The van der Waals surface area contributed by atoms with E-state index in [9.17, 15) is 0 Å². The number of piperidine rings is 1. The summed E-state index contributed by atoms with van der Waals surface area (Å²) in [7, 11) is 0. The number of likely N-dealkylation sites (tertiary alicyclic amines) is 1. The van der Waals surface area contributed by atoms with Gasteiger partial charge in [0.25, 0.3) is 0 Å². The van der Waals surface area contributed by atoms with Crippen LogP contribution in [0.25, 0.3) is 0 Å². The fourth-order valence-electron chi connectivity index (χ4n) is 3.50. The number of nitrogens with one attached hydrogen (secondary N) is 1.